The lowest BCUT2D eigenvalue weighted by Crippen LogP contribution is -3.00. The van der Waals surface area contributed by atoms with Crippen LogP contribution in [0, 0.1) is 6.92 Å². The maximum Gasteiger partial charge on any atom is 0.134 e. The summed E-state index contributed by atoms with van der Waals surface area (Å²) in [6, 6.07) is 9.93. The normalized spacial score (nSPS) is 14.6. The zero-order valence-corrected chi connectivity index (χ0v) is 16.5. The zero-order chi connectivity index (χ0) is 16.1. The smallest absolute Gasteiger partial charge is 0.134 e. The Bertz CT molecular complexity index is 643. The minimum Gasteiger partial charge on any atom is -1.00 e. The van der Waals surface area contributed by atoms with Gasteiger partial charge in [0.1, 0.15) is 11.5 Å². The van der Waals surface area contributed by atoms with Gasteiger partial charge in [0.05, 0.1) is 19.8 Å². The first-order valence-electron chi connectivity index (χ1n) is 8.09. The van der Waals surface area contributed by atoms with Crippen molar-refractivity contribution in [2.24, 2.45) is 0 Å². The predicted molar refractivity (Wildman–Crippen MR) is 92.9 cm³/mol. The van der Waals surface area contributed by atoms with Gasteiger partial charge < -0.3 is 39.3 Å². The highest BCUT2D eigenvalue weighted by Gasteiger charge is 2.11. The van der Waals surface area contributed by atoms with Crippen LogP contribution in [0.3, 0.4) is 0 Å². The number of nitrogens with zero attached hydrogens (tertiary/aromatic N) is 1. The van der Waals surface area contributed by atoms with Crippen molar-refractivity contribution in [3.8, 4) is 11.3 Å². The summed E-state index contributed by atoms with van der Waals surface area (Å²) in [5, 5.41) is 4.21. The minimum atomic E-state index is 0. The van der Waals surface area contributed by atoms with Crippen molar-refractivity contribution in [3.63, 3.8) is 0 Å². The Hall–Kier alpha value is -0.750. The molecule has 1 aliphatic heterocycles. The van der Waals surface area contributed by atoms with Crippen LogP contribution in [-0.4, -0.2) is 44.3 Å². The van der Waals surface area contributed by atoms with Crippen LogP contribution in [-0.2, 0) is 11.3 Å². The summed E-state index contributed by atoms with van der Waals surface area (Å²) in [6.07, 6.45) is 0. The van der Waals surface area contributed by atoms with Gasteiger partial charge in [0.2, 0.25) is 0 Å². The molecule has 1 aromatic heterocycles. The molecule has 0 radical (unpaired) electrons. The van der Waals surface area contributed by atoms with Gasteiger partial charge in [0, 0.05) is 36.8 Å². The third kappa shape index (κ3) is 6.17. The van der Waals surface area contributed by atoms with Crippen molar-refractivity contribution in [1.82, 2.24) is 10.2 Å². The molecular weight excluding hydrogens is 383 g/mol. The van der Waals surface area contributed by atoms with E-state index in [1.54, 1.807) is 0 Å². The molecule has 0 spiro atoms. The standard InChI is InChI=1S/C18H23ClN2O2.2ClH/c1-14-16(3-2-4-17(14)19)18-6-5-15(23-18)13-20-7-8-21-9-11-22-12-10-21;;/h2-6,20H,7-13H2,1H3;2*1H/p-2. The molecule has 2 aromatic rings. The van der Waals surface area contributed by atoms with Crippen LogP contribution in [0.15, 0.2) is 34.7 Å². The Kier molecular flexibility index (Phi) is 9.87. The predicted octanol–water partition coefficient (Wildman–Crippen LogP) is -2.66. The lowest BCUT2D eigenvalue weighted by molar-refractivity contribution is -0.001000. The summed E-state index contributed by atoms with van der Waals surface area (Å²) >= 11 is 6.18. The first-order valence-corrected chi connectivity index (χ1v) is 8.47. The molecule has 3 rings (SSSR count). The fraction of sp³-hybridized carbons (Fsp3) is 0.444. The van der Waals surface area contributed by atoms with E-state index >= 15 is 0 Å². The van der Waals surface area contributed by atoms with Crippen molar-refractivity contribution >= 4 is 11.6 Å². The third-order valence-corrected chi connectivity index (χ3v) is 4.61. The van der Waals surface area contributed by atoms with E-state index in [9.17, 15) is 0 Å². The van der Waals surface area contributed by atoms with Crippen molar-refractivity contribution in [1.29, 1.82) is 0 Å². The number of hydrogen-bond donors (Lipinski definition) is 1. The SMILES string of the molecule is Cc1c(Cl)cccc1-c1ccc(CNCCN2CCOCC2)o1.[Cl-].[Cl-]. The van der Waals surface area contributed by atoms with Gasteiger partial charge in [-0.1, -0.05) is 23.7 Å². The molecule has 0 atom stereocenters. The third-order valence-electron chi connectivity index (χ3n) is 4.20. The highest BCUT2D eigenvalue weighted by molar-refractivity contribution is 6.31. The number of ether oxygens (including phenoxy) is 1. The second kappa shape index (κ2) is 11.1. The fourth-order valence-electron chi connectivity index (χ4n) is 2.77. The monoisotopic (exact) mass is 404 g/mol. The first kappa shape index (κ1) is 22.3. The van der Waals surface area contributed by atoms with E-state index in [1.807, 2.05) is 37.3 Å². The van der Waals surface area contributed by atoms with Crippen molar-refractivity contribution in [3.05, 3.63) is 46.7 Å². The minimum absolute atomic E-state index is 0. The summed E-state index contributed by atoms with van der Waals surface area (Å²) in [7, 11) is 0. The van der Waals surface area contributed by atoms with Gasteiger partial charge in [0.15, 0.2) is 0 Å². The van der Waals surface area contributed by atoms with Gasteiger partial charge in [0.25, 0.3) is 0 Å². The lowest BCUT2D eigenvalue weighted by atomic mass is 10.1. The quantitative estimate of drug-likeness (QED) is 0.533. The van der Waals surface area contributed by atoms with Gasteiger partial charge in [-0.15, -0.1) is 0 Å². The number of morpholine rings is 1. The fourth-order valence-corrected chi connectivity index (χ4v) is 2.94. The number of nitrogens with one attached hydrogen (secondary N) is 1. The van der Waals surface area contributed by atoms with Gasteiger partial charge >= 0.3 is 0 Å². The molecule has 4 nitrogen and oxygen atoms in total. The van der Waals surface area contributed by atoms with Crippen LogP contribution in [0.25, 0.3) is 11.3 Å². The second-order valence-corrected chi connectivity index (χ2v) is 6.22. The summed E-state index contributed by atoms with van der Waals surface area (Å²) in [6.45, 7) is 8.50. The topological polar surface area (TPSA) is 37.6 Å². The molecule has 7 heteroatoms. The lowest BCUT2D eigenvalue weighted by Gasteiger charge is -2.26. The highest BCUT2D eigenvalue weighted by Crippen LogP contribution is 2.29. The van der Waals surface area contributed by atoms with E-state index in [0.29, 0.717) is 0 Å². The molecule has 1 saturated heterocycles. The van der Waals surface area contributed by atoms with Crippen molar-refractivity contribution in [2.75, 3.05) is 39.4 Å². The van der Waals surface area contributed by atoms with Crippen LogP contribution in [0.5, 0.6) is 0 Å². The molecule has 0 amide bonds. The Balaban J connectivity index is 0.00000156. The Labute approximate surface area is 166 Å². The molecule has 0 saturated carbocycles. The molecule has 0 bridgehead atoms. The Morgan fingerprint density at radius 2 is 1.88 bits per heavy atom. The number of hydrogen-bond acceptors (Lipinski definition) is 4. The summed E-state index contributed by atoms with van der Waals surface area (Å²) < 4.78 is 11.3. The van der Waals surface area contributed by atoms with Crippen LogP contribution in [0.4, 0.5) is 0 Å². The van der Waals surface area contributed by atoms with Gasteiger partial charge in [-0.2, -0.15) is 0 Å². The largest absolute Gasteiger partial charge is 1.00 e. The maximum atomic E-state index is 6.18. The molecule has 0 aliphatic carbocycles. The second-order valence-electron chi connectivity index (χ2n) is 5.81. The van der Waals surface area contributed by atoms with E-state index in [2.05, 4.69) is 10.2 Å². The Morgan fingerprint density at radius 1 is 1.12 bits per heavy atom. The molecule has 1 aliphatic rings. The molecule has 1 fully saturated rings. The van der Waals surface area contributed by atoms with Crippen molar-refractivity contribution in [2.45, 2.75) is 13.5 Å². The van der Waals surface area contributed by atoms with Crippen LogP contribution in [0.2, 0.25) is 5.02 Å². The number of halogens is 3. The van der Waals surface area contributed by atoms with E-state index in [-0.39, 0.29) is 24.8 Å². The van der Waals surface area contributed by atoms with E-state index < -0.39 is 0 Å². The Morgan fingerprint density at radius 3 is 2.64 bits per heavy atom. The molecule has 1 aromatic carbocycles. The zero-order valence-electron chi connectivity index (χ0n) is 14.2. The van der Waals surface area contributed by atoms with Crippen molar-refractivity contribution < 1.29 is 34.0 Å². The van der Waals surface area contributed by atoms with Gasteiger partial charge in [-0.25, -0.2) is 0 Å². The molecular formula is C18H23Cl3N2O2-2. The number of furan rings is 1. The first-order chi connectivity index (χ1) is 11.2. The summed E-state index contributed by atoms with van der Waals surface area (Å²) in [5.41, 5.74) is 2.10. The highest BCUT2D eigenvalue weighted by atomic mass is 35.5. The van der Waals surface area contributed by atoms with E-state index in [0.717, 1.165) is 73.6 Å². The molecule has 140 valence electrons. The molecule has 25 heavy (non-hydrogen) atoms. The van der Waals surface area contributed by atoms with E-state index in [1.165, 1.54) is 0 Å². The molecule has 1 N–H and O–H groups in total. The van der Waals surface area contributed by atoms with Gasteiger partial charge in [-0.05, 0) is 30.7 Å². The van der Waals surface area contributed by atoms with E-state index in [4.69, 9.17) is 20.8 Å². The average molecular weight is 406 g/mol. The van der Waals surface area contributed by atoms with Crippen LogP contribution >= 0.6 is 11.6 Å². The summed E-state index contributed by atoms with van der Waals surface area (Å²) in [5.74, 6) is 1.82. The summed E-state index contributed by atoms with van der Waals surface area (Å²) in [4.78, 5) is 2.42. The molecule has 0 unspecified atom stereocenters. The average Bonchev–Trinajstić information content (AvgIpc) is 3.04. The number of rotatable bonds is 6. The van der Waals surface area contributed by atoms with Crippen LogP contribution < -0.4 is 30.1 Å². The number of benzene rings is 1. The molecule has 2 heterocycles. The maximum absolute atomic E-state index is 6.18. The van der Waals surface area contributed by atoms with Gasteiger partial charge in [-0.3, -0.25) is 4.90 Å². The van der Waals surface area contributed by atoms with Crippen LogP contribution in [0.1, 0.15) is 11.3 Å².